The van der Waals surface area contributed by atoms with E-state index in [1.165, 1.54) is 16.7 Å². The Morgan fingerprint density at radius 3 is 2.62 bits per heavy atom. The number of halogens is 1. The number of aryl methyl sites for hydroxylation is 2. The van der Waals surface area contributed by atoms with Crippen molar-refractivity contribution in [2.75, 3.05) is 11.4 Å². The van der Waals surface area contributed by atoms with E-state index in [2.05, 4.69) is 63.9 Å². The highest BCUT2D eigenvalue weighted by Crippen LogP contribution is 2.35. The molecule has 0 saturated heterocycles. The van der Waals surface area contributed by atoms with Gasteiger partial charge in [-0.15, -0.1) is 0 Å². The van der Waals surface area contributed by atoms with Crippen LogP contribution in [0.15, 0.2) is 51.9 Å². The molecular formula is C17H18BrN3. The van der Waals surface area contributed by atoms with Crippen LogP contribution in [0.3, 0.4) is 0 Å². The first-order valence-electron chi connectivity index (χ1n) is 6.99. The van der Waals surface area contributed by atoms with Crippen LogP contribution in [0.4, 0.5) is 5.69 Å². The number of aliphatic imine (C=N–C) groups is 1. The third-order valence-corrected chi connectivity index (χ3v) is 4.68. The summed E-state index contributed by atoms with van der Waals surface area (Å²) in [5, 5.41) is 0. The van der Waals surface area contributed by atoms with E-state index < -0.39 is 0 Å². The average Bonchev–Trinajstić information content (AvgIpc) is 2.84. The number of rotatable bonds is 2. The molecule has 1 aliphatic heterocycles. The van der Waals surface area contributed by atoms with Gasteiger partial charge in [0.05, 0.1) is 18.3 Å². The van der Waals surface area contributed by atoms with Gasteiger partial charge in [-0.3, -0.25) is 4.99 Å². The van der Waals surface area contributed by atoms with Crippen molar-refractivity contribution in [1.82, 2.24) is 0 Å². The molecule has 0 aliphatic carbocycles. The second kappa shape index (κ2) is 5.53. The number of benzene rings is 2. The van der Waals surface area contributed by atoms with Crippen molar-refractivity contribution in [3.63, 3.8) is 0 Å². The lowest BCUT2D eigenvalue weighted by molar-refractivity contribution is 0.766. The molecule has 3 rings (SSSR count). The lowest BCUT2D eigenvalue weighted by Gasteiger charge is -2.28. The Balaban J connectivity index is 2.03. The summed E-state index contributed by atoms with van der Waals surface area (Å²) in [7, 11) is 0. The van der Waals surface area contributed by atoms with Gasteiger partial charge in [0.15, 0.2) is 5.96 Å². The SMILES string of the molecule is Cc1ccc(C2CN=C(N)N2c2ccccc2Br)cc1C. The summed E-state index contributed by atoms with van der Waals surface area (Å²) < 4.78 is 1.03. The highest BCUT2D eigenvalue weighted by Gasteiger charge is 2.30. The van der Waals surface area contributed by atoms with Crippen LogP contribution < -0.4 is 10.6 Å². The molecule has 0 fully saturated rings. The number of guanidine groups is 1. The summed E-state index contributed by atoms with van der Waals surface area (Å²) >= 11 is 3.61. The van der Waals surface area contributed by atoms with E-state index in [1.807, 2.05) is 18.2 Å². The Morgan fingerprint density at radius 2 is 1.90 bits per heavy atom. The molecule has 1 unspecified atom stereocenters. The zero-order valence-electron chi connectivity index (χ0n) is 12.2. The Bertz CT molecular complexity index is 709. The first kappa shape index (κ1) is 14.1. The van der Waals surface area contributed by atoms with Gasteiger partial charge in [0.25, 0.3) is 0 Å². The van der Waals surface area contributed by atoms with Gasteiger partial charge in [-0.2, -0.15) is 0 Å². The molecular weight excluding hydrogens is 326 g/mol. The van der Waals surface area contributed by atoms with Gasteiger partial charge in [-0.25, -0.2) is 0 Å². The summed E-state index contributed by atoms with van der Waals surface area (Å²) in [6.45, 7) is 4.96. The predicted molar refractivity (Wildman–Crippen MR) is 91.8 cm³/mol. The van der Waals surface area contributed by atoms with Crippen molar-refractivity contribution in [2.24, 2.45) is 10.7 Å². The van der Waals surface area contributed by atoms with E-state index in [0.29, 0.717) is 12.5 Å². The molecule has 1 atom stereocenters. The topological polar surface area (TPSA) is 41.6 Å². The fourth-order valence-electron chi connectivity index (χ4n) is 2.66. The molecule has 0 amide bonds. The maximum Gasteiger partial charge on any atom is 0.196 e. The molecule has 0 radical (unpaired) electrons. The molecule has 0 spiro atoms. The lowest BCUT2D eigenvalue weighted by atomic mass is 10.00. The zero-order chi connectivity index (χ0) is 15.0. The van der Waals surface area contributed by atoms with E-state index in [9.17, 15) is 0 Å². The van der Waals surface area contributed by atoms with Crippen molar-refractivity contribution in [3.05, 3.63) is 63.6 Å². The molecule has 0 bridgehead atoms. The van der Waals surface area contributed by atoms with E-state index in [4.69, 9.17) is 5.73 Å². The lowest BCUT2D eigenvalue weighted by Crippen LogP contribution is -2.36. The molecule has 3 nitrogen and oxygen atoms in total. The van der Waals surface area contributed by atoms with E-state index in [1.54, 1.807) is 0 Å². The number of anilines is 1. The normalized spacial score (nSPS) is 18.0. The smallest absolute Gasteiger partial charge is 0.196 e. The molecule has 2 N–H and O–H groups in total. The zero-order valence-corrected chi connectivity index (χ0v) is 13.8. The third-order valence-electron chi connectivity index (χ3n) is 4.01. The Labute approximate surface area is 133 Å². The van der Waals surface area contributed by atoms with Crippen molar-refractivity contribution >= 4 is 27.6 Å². The Morgan fingerprint density at radius 1 is 1.14 bits per heavy atom. The van der Waals surface area contributed by atoms with E-state index in [-0.39, 0.29) is 6.04 Å². The maximum absolute atomic E-state index is 6.13. The van der Waals surface area contributed by atoms with Crippen molar-refractivity contribution in [1.29, 1.82) is 0 Å². The van der Waals surface area contributed by atoms with Gasteiger partial charge in [0.1, 0.15) is 0 Å². The largest absolute Gasteiger partial charge is 0.369 e. The average molecular weight is 344 g/mol. The second-order valence-corrected chi connectivity index (χ2v) is 6.23. The van der Waals surface area contributed by atoms with Crippen LogP contribution in [-0.2, 0) is 0 Å². The minimum atomic E-state index is 0.156. The third kappa shape index (κ3) is 2.56. The maximum atomic E-state index is 6.13. The number of hydrogen-bond acceptors (Lipinski definition) is 3. The van der Waals surface area contributed by atoms with Crippen LogP contribution in [-0.4, -0.2) is 12.5 Å². The molecule has 1 heterocycles. The van der Waals surface area contributed by atoms with Crippen LogP contribution in [0.25, 0.3) is 0 Å². The summed E-state index contributed by atoms with van der Waals surface area (Å²) in [5.41, 5.74) is 11.0. The summed E-state index contributed by atoms with van der Waals surface area (Å²) in [6, 6.07) is 14.8. The molecule has 2 aromatic carbocycles. The quantitative estimate of drug-likeness (QED) is 0.897. The molecule has 2 aromatic rings. The van der Waals surface area contributed by atoms with Gasteiger partial charge in [-0.1, -0.05) is 30.3 Å². The fraction of sp³-hybridized carbons (Fsp3) is 0.235. The van der Waals surface area contributed by atoms with Crippen LogP contribution in [0.2, 0.25) is 0 Å². The molecule has 21 heavy (non-hydrogen) atoms. The minimum Gasteiger partial charge on any atom is -0.369 e. The van der Waals surface area contributed by atoms with Gasteiger partial charge in [0.2, 0.25) is 0 Å². The number of hydrogen-bond donors (Lipinski definition) is 1. The summed E-state index contributed by atoms with van der Waals surface area (Å²) in [4.78, 5) is 6.55. The first-order chi connectivity index (χ1) is 10.1. The van der Waals surface area contributed by atoms with Gasteiger partial charge in [0, 0.05) is 4.47 Å². The highest BCUT2D eigenvalue weighted by molar-refractivity contribution is 9.10. The summed E-state index contributed by atoms with van der Waals surface area (Å²) in [5.74, 6) is 0.574. The molecule has 1 aliphatic rings. The van der Waals surface area contributed by atoms with Crippen LogP contribution >= 0.6 is 15.9 Å². The van der Waals surface area contributed by atoms with Crippen LogP contribution in [0.5, 0.6) is 0 Å². The first-order valence-corrected chi connectivity index (χ1v) is 7.78. The van der Waals surface area contributed by atoms with Gasteiger partial charge >= 0.3 is 0 Å². The molecule has 0 saturated carbocycles. The predicted octanol–water partition coefficient (Wildman–Crippen LogP) is 3.94. The van der Waals surface area contributed by atoms with Crippen LogP contribution in [0.1, 0.15) is 22.7 Å². The van der Waals surface area contributed by atoms with E-state index >= 15 is 0 Å². The van der Waals surface area contributed by atoms with Crippen molar-refractivity contribution in [3.8, 4) is 0 Å². The number of nitrogens with two attached hydrogens (primary N) is 1. The molecule has 0 aromatic heterocycles. The minimum absolute atomic E-state index is 0.156. The Kier molecular flexibility index (Phi) is 3.72. The standard InChI is InChI=1S/C17H18BrN3/c1-11-7-8-13(9-12(11)2)16-10-20-17(19)21(16)15-6-4-3-5-14(15)18/h3-9,16H,10H2,1-2H3,(H2,19,20). The fourth-order valence-corrected chi connectivity index (χ4v) is 3.14. The van der Waals surface area contributed by atoms with E-state index in [0.717, 1.165) is 10.2 Å². The molecule has 108 valence electrons. The van der Waals surface area contributed by atoms with Gasteiger partial charge in [-0.05, 0) is 58.6 Å². The van der Waals surface area contributed by atoms with Gasteiger partial charge < -0.3 is 10.6 Å². The Hall–Kier alpha value is -1.81. The monoisotopic (exact) mass is 343 g/mol. The summed E-state index contributed by atoms with van der Waals surface area (Å²) in [6.07, 6.45) is 0. The highest BCUT2D eigenvalue weighted by atomic mass is 79.9. The number of para-hydroxylation sites is 1. The van der Waals surface area contributed by atoms with Crippen molar-refractivity contribution in [2.45, 2.75) is 19.9 Å². The van der Waals surface area contributed by atoms with Crippen molar-refractivity contribution < 1.29 is 0 Å². The second-order valence-electron chi connectivity index (χ2n) is 5.38. The molecule has 4 heteroatoms. The van der Waals surface area contributed by atoms with Crippen LogP contribution in [0, 0.1) is 13.8 Å². The number of nitrogens with zero attached hydrogens (tertiary/aromatic N) is 2.